The van der Waals surface area contributed by atoms with Crippen molar-refractivity contribution in [2.75, 3.05) is 12.3 Å². The Morgan fingerprint density at radius 2 is 2.09 bits per heavy atom. The third kappa shape index (κ3) is 1.84. The zero-order valence-electron chi connectivity index (χ0n) is 12.1. The van der Waals surface area contributed by atoms with Crippen LogP contribution in [0.3, 0.4) is 0 Å². The minimum Gasteiger partial charge on any atom is -0.382 e. The quantitative estimate of drug-likeness (QED) is 0.637. The van der Waals surface area contributed by atoms with Crippen LogP contribution in [0.15, 0.2) is 24.3 Å². The number of anilines is 1. The summed E-state index contributed by atoms with van der Waals surface area (Å²) in [6.45, 7) is 2.50. The number of carbonyl (C=O) groups excluding carboxylic acids is 1. The number of fused-ring (bicyclic) bond motifs is 2. The fourth-order valence-corrected chi connectivity index (χ4v) is 2.83. The summed E-state index contributed by atoms with van der Waals surface area (Å²) in [6.07, 6.45) is 0.804. The van der Waals surface area contributed by atoms with Gasteiger partial charge in [-0.2, -0.15) is 0 Å². The fourth-order valence-electron chi connectivity index (χ4n) is 2.83. The van der Waals surface area contributed by atoms with E-state index in [1.54, 1.807) is 0 Å². The molecule has 6 heteroatoms. The van der Waals surface area contributed by atoms with Crippen molar-refractivity contribution in [3.63, 3.8) is 0 Å². The van der Waals surface area contributed by atoms with E-state index in [1.807, 2.05) is 31.2 Å². The molecule has 0 radical (unpaired) electrons. The fraction of sp³-hybridized carbons (Fsp3) is 0.188. The predicted molar refractivity (Wildman–Crippen MR) is 84.5 cm³/mol. The topological polar surface area (TPSA) is 96.7 Å². The smallest absolute Gasteiger partial charge is 0.253 e. The highest BCUT2D eigenvalue weighted by Crippen LogP contribution is 2.29. The van der Waals surface area contributed by atoms with Gasteiger partial charge in [-0.15, -0.1) is 0 Å². The summed E-state index contributed by atoms with van der Waals surface area (Å²) >= 11 is 0. The van der Waals surface area contributed by atoms with Gasteiger partial charge in [-0.1, -0.05) is 12.1 Å². The SMILES string of the molecule is Cc1nc2cccc(-c3cc4c([nH]3)CCNC4=O)c2nc1N. The van der Waals surface area contributed by atoms with E-state index in [0.29, 0.717) is 17.9 Å². The number of nitrogens with zero attached hydrogens (tertiary/aromatic N) is 2. The van der Waals surface area contributed by atoms with Crippen LogP contribution < -0.4 is 11.1 Å². The van der Waals surface area contributed by atoms with E-state index < -0.39 is 0 Å². The Kier molecular flexibility index (Phi) is 2.66. The Morgan fingerprint density at radius 3 is 2.91 bits per heavy atom. The molecule has 3 heterocycles. The van der Waals surface area contributed by atoms with Crippen LogP contribution in [-0.2, 0) is 6.42 Å². The van der Waals surface area contributed by atoms with Crippen LogP contribution in [0.4, 0.5) is 5.82 Å². The monoisotopic (exact) mass is 293 g/mol. The number of benzene rings is 1. The van der Waals surface area contributed by atoms with Crippen molar-refractivity contribution in [1.82, 2.24) is 20.3 Å². The Bertz CT molecular complexity index is 912. The van der Waals surface area contributed by atoms with Gasteiger partial charge in [0.1, 0.15) is 11.3 Å². The first-order valence-electron chi connectivity index (χ1n) is 7.17. The van der Waals surface area contributed by atoms with Crippen molar-refractivity contribution < 1.29 is 4.79 Å². The molecular weight excluding hydrogens is 278 g/mol. The number of aryl methyl sites for hydroxylation is 1. The second-order valence-corrected chi connectivity index (χ2v) is 5.45. The van der Waals surface area contributed by atoms with Gasteiger partial charge in [0.15, 0.2) is 0 Å². The molecule has 0 saturated heterocycles. The Labute approximate surface area is 126 Å². The minimum atomic E-state index is -0.0366. The van der Waals surface area contributed by atoms with Gasteiger partial charge in [0.2, 0.25) is 0 Å². The molecule has 0 spiro atoms. The first-order chi connectivity index (χ1) is 10.6. The average Bonchev–Trinajstić information content (AvgIpc) is 2.93. The van der Waals surface area contributed by atoms with Crippen LogP contribution in [0, 0.1) is 6.92 Å². The van der Waals surface area contributed by atoms with Gasteiger partial charge in [-0.3, -0.25) is 4.79 Å². The number of nitrogens with two attached hydrogens (primary N) is 1. The molecule has 110 valence electrons. The third-order valence-electron chi connectivity index (χ3n) is 4.00. The van der Waals surface area contributed by atoms with Crippen LogP contribution in [0.1, 0.15) is 21.7 Å². The van der Waals surface area contributed by atoms with Gasteiger partial charge in [-0.05, 0) is 19.1 Å². The van der Waals surface area contributed by atoms with E-state index in [4.69, 9.17) is 5.73 Å². The second-order valence-electron chi connectivity index (χ2n) is 5.45. The lowest BCUT2D eigenvalue weighted by molar-refractivity contribution is 0.0946. The van der Waals surface area contributed by atoms with E-state index in [9.17, 15) is 4.79 Å². The third-order valence-corrected chi connectivity index (χ3v) is 4.00. The summed E-state index contributed by atoms with van der Waals surface area (Å²) in [5.41, 5.74) is 11.6. The molecule has 6 nitrogen and oxygen atoms in total. The van der Waals surface area contributed by atoms with Gasteiger partial charge < -0.3 is 16.0 Å². The molecular formula is C16H15N5O. The van der Waals surface area contributed by atoms with Crippen molar-refractivity contribution in [3.8, 4) is 11.3 Å². The largest absolute Gasteiger partial charge is 0.382 e. The van der Waals surface area contributed by atoms with Crippen molar-refractivity contribution in [2.24, 2.45) is 0 Å². The second kappa shape index (κ2) is 4.56. The van der Waals surface area contributed by atoms with Crippen LogP contribution in [-0.4, -0.2) is 27.4 Å². The van der Waals surface area contributed by atoms with Crippen LogP contribution in [0.2, 0.25) is 0 Å². The van der Waals surface area contributed by atoms with Crippen molar-refractivity contribution in [3.05, 3.63) is 41.2 Å². The van der Waals surface area contributed by atoms with Crippen LogP contribution in [0.25, 0.3) is 22.3 Å². The molecule has 2 aromatic heterocycles. The lowest BCUT2D eigenvalue weighted by Crippen LogP contribution is -2.31. The van der Waals surface area contributed by atoms with E-state index in [1.165, 1.54) is 0 Å². The molecule has 0 aliphatic carbocycles. The maximum atomic E-state index is 11.9. The van der Waals surface area contributed by atoms with E-state index in [0.717, 1.165) is 40.1 Å². The molecule has 0 bridgehead atoms. The molecule has 1 aliphatic heterocycles. The Morgan fingerprint density at radius 1 is 1.23 bits per heavy atom. The Balaban J connectivity index is 1.95. The number of aromatic amines is 1. The number of para-hydroxylation sites is 1. The number of hydrogen-bond acceptors (Lipinski definition) is 4. The first kappa shape index (κ1) is 12.8. The highest BCUT2D eigenvalue weighted by atomic mass is 16.1. The minimum absolute atomic E-state index is 0.0366. The van der Waals surface area contributed by atoms with Gasteiger partial charge in [0, 0.05) is 29.9 Å². The zero-order chi connectivity index (χ0) is 15.3. The van der Waals surface area contributed by atoms with Gasteiger partial charge in [0.05, 0.1) is 16.8 Å². The molecule has 3 aromatic rings. The van der Waals surface area contributed by atoms with Gasteiger partial charge in [0.25, 0.3) is 5.91 Å². The number of nitrogen functional groups attached to an aromatic ring is 1. The van der Waals surface area contributed by atoms with E-state index >= 15 is 0 Å². The Hall–Kier alpha value is -2.89. The zero-order valence-corrected chi connectivity index (χ0v) is 12.1. The maximum absolute atomic E-state index is 11.9. The molecule has 0 unspecified atom stereocenters. The van der Waals surface area contributed by atoms with Gasteiger partial charge in [-0.25, -0.2) is 9.97 Å². The van der Waals surface area contributed by atoms with Crippen molar-refractivity contribution in [2.45, 2.75) is 13.3 Å². The van der Waals surface area contributed by atoms with Crippen molar-refractivity contribution in [1.29, 1.82) is 0 Å². The number of aromatic nitrogens is 3. The summed E-state index contributed by atoms with van der Waals surface area (Å²) in [6, 6.07) is 7.67. The molecule has 0 saturated carbocycles. The average molecular weight is 293 g/mol. The molecule has 0 atom stereocenters. The highest BCUT2D eigenvalue weighted by molar-refractivity contribution is 5.99. The highest BCUT2D eigenvalue weighted by Gasteiger charge is 2.21. The van der Waals surface area contributed by atoms with Crippen LogP contribution >= 0.6 is 0 Å². The molecule has 1 aliphatic rings. The molecule has 4 N–H and O–H groups in total. The number of carbonyl (C=O) groups is 1. The standard InChI is InChI=1S/C16H15N5O/c1-8-15(17)21-14-9(3-2-4-12(14)19-8)13-7-10-11(20-13)5-6-18-16(10)22/h2-4,7,20H,5-6H2,1H3,(H2,17,21)(H,18,22). The lowest BCUT2D eigenvalue weighted by atomic mass is 10.1. The number of H-pyrrole nitrogens is 1. The number of rotatable bonds is 1. The summed E-state index contributed by atoms with van der Waals surface area (Å²) < 4.78 is 0. The normalized spacial score (nSPS) is 14.0. The van der Waals surface area contributed by atoms with E-state index in [-0.39, 0.29) is 5.91 Å². The molecule has 4 rings (SSSR count). The lowest BCUT2D eigenvalue weighted by Gasteiger charge is -2.11. The number of amides is 1. The maximum Gasteiger partial charge on any atom is 0.253 e. The van der Waals surface area contributed by atoms with Gasteiger partial charge >= 0.3 is 0 Å². The summed E-state index contributed by atoms with van der Waals surface area (Å²) in [7, 11) is 0. The summed E-state index contributed by atoms with van der Waals surface area (Å²) in [5.74, 6) is 0.388. The van der Waals surface area contributed by atoms with E-state index in [2.05, 4.69) is 20.3 Å². The first-order valence-corrected chi connectivity index (χ1v) is 7.17. The summed E-state index contributed by atoms with van der Waals surface area (Å²) in [4.78, 5) is 24.2. The molecule has 1 amide bonds. The molecule has 0 fully saturated rings. The molecule has 22 heavy (non-hydrogen) atoms. The van der Waals surface area contributed by atoms with Crippen molar-refractivity contribution >= 4 is 22.8 Å². The molecule has 1 aromatic carbocycles. The van der Waals surface area contributed by atoms with Crippen LogP contribution in [0.5, 0.6) is 0 Å². The number of hydrogen-bond donors (Lipinski definition) is 3. The summed E-state index contributed by atoms with van der Waals surface area (Å²) in [5, 5.41) is 2.85. The number of nitrogens with one attached hydrogen (secondary N) is 2. The predicted octanol–water partition coefficient (Wildman–Crippen LogP) is 1.80.